The second kappa shape index (κ2) is 7.94. The summed E-state index contributed by atoms with van der Waals surface area (Å²) in [5, 5.41) is 6.86. The molecule has 0 atom stereocenters. The molecule has 1 saturated heterocycles. The van der Waals surface area contributed by atoms with E-state index in [0.717, 1.165) is 60.8 Å². The van der Waals surface area contributed by atoms with Gasteiger partial charge in [0.15, 0.2) is 0 Å². The van der Waals surface area contributed by atoms with Gasteiger partial charge in [-0.05, 0) is 30.2 Å². The Hall–Kier alpha value is -2.99. The number of hydrogen-bond donors (Lipinski definition) is 1. The monoisotopic (exact) mass is 378 g/mol. The minimum atomic E-state index is -0.195. The highest BCUT2D eigenvalue weighted by molar-refractivity contribution is 5.74. The van der Waals surface area contributed by atoms with Crippen LogP contribution in [0.5, 0.6) is 0 Å². The van der Waals surface area contributed by atoms with E-state index in [2.05, 4.69) is 20.0 Å². The average Bonchev–Trinajstić information content (AvgIpc) is 2.71. The quantitative estimate of drug-likeness (QED) is 0.758. The first-order valence-electron chi connectivity index (χ1n) is 9.47. The van der Waals surface area contributed by atoms with Crippen LogP contribution >= 0.6 is 0 Å². The molecule has 6 heteroatoms. The molecule has 1 N–H and O–H groups in total. The van der Waals surface area contributed by atoms with Gasteiger partial charge >= 0.3 is 0 Å². The van der Waals surface area contributed by atoms with Crippen LogP contribution in [0.4, 0.5) is 10.1 Å². The van der Waals surface area contributed by atoms with Gasteiger partial charge in [0.05, 0.1) is 5.69 Å². The number of nitrogens with zero attached hydrogens (tertiary/aromatic N) is 3. The molecule has 0 unspecified atom stereocenters. The molecule has 3 aromatic rings. The van der Waals surface area contributed by atoms with E-state index >= 15 is 0 Å². The number of nitrogens with one attached hydrogen (secondary N) is 1. The van der Waals surface area contributed by atoms with Crippen molar-refractivity contribution in [3.8, 4) is 11.3 Å². The Labute approximate surface area is 163 Å². The highest BCUT2D eigenvalue weighted by Crippen LogP contribution is 2.28. The van der Waals surface area contributed by atoms with Crippen LogP contribution in [-0.4, -0.2) is 41.3 Å². The molecule has 5 nitrogen and oxygen atoms in total. The van der Waals surface area contributed by atoms with Crippen molar-refractivity contribution < 1.29 is 4.39 Å². The third-order valence-electron chi connectivity index (χ3n) is 5.25. The Morgan fingerprint density at radius 1 is 1.04 bits per heavy atom. The summed E-state index contributed by atoms with van der Waals surface area (Å²) in [4.78, 5) is 16.5. The lowest BCUT2D eigenvalue weighted by molar-refractivity contribution is 0.249. The van der Waals surface area contributed by atoms with E-state index in [4.69, 9.17) is 0 Å². The average molecular weight is 378 g/mol. The summed E-state index contributed by atoms with van der Waals surface area (Å²) in [5.74, 6) is -0.193. The second-order valence-electron chi connectivity index (χ2n) is 7.17. The Kier molecular flexibility index (Phi) is 5.21. The van der Waals surface area contributed by atoms with Crippen LogP contribution in [0.3, 0.4) is 0 Å². The third kappa shape index (κ3) is 3.97. The maximum atomic E-state index is 13.3. The number of hydrogen-bond acceptors (Lipinski definition) is 4. The topological polar surface area (TPSA) is 52.2 Å². The van der Waals surface area contributed by atoms with Crippen molar-refractivity contribution in [1.82, 2.24) is 15.1 Å². The number of piperazine rings is 1. The van der Waals surface area contributed by atoms with E-state index in [-0.39, 0.29) is 11.4 Å². The van der Waals surface area contributed by atoms with Gasteiger partial charge in [-0.1, -0.05) is 36.4 Å². The first-order chi connectivity index (χ1) is 13.6. The molecule has 1 aromatic heterocycles. The van der Waals surface area contributed by atoms with E-state index < -0.39 is 0 Å². The van der Waals surface area contributed by atoms with Gasteiger partial charge in [0.1, 0.15) is 11.5 Å². The van der Waals surface area contributed by atoms with Gasteiger partial charge in [-0.25, -0.2) is 9.49 Å². The molecule has 0 saturated carbocycles. The van der Waals surface area contributed by atoms with Gasteiger partial charge in [-0.2, -0.15) is 5.10 Å². The number of halogens is 1. The molecular formula is C22H23FN4O. The van der Waals surface area contributed by atoms with E-state index in [1.54, 1.807) is 12.1 Å². The molecule has 0 aliphatic carbocycles. The summed E-state index contributed by atoms with van der Waals surface area (Å²) in [6, 6.07) is 16.5. The lowest BCUT2D eigenvalue weighted by atomic mass is 10.1. The Bertz CT molecular complexity index is 1010. The molecule has 2 heterocycles. The van der Waals surface area contributed by atoms with E-state index in [1.807, 2.05) is 43.3 Å². The molecular weight excluding hydrogens is 355 g/mol. The fourth-order valence-corrected chi connectivity index (χ4v) is 3.67. The normalized spacial score (nSPS) is 15.0. The number of aromatic nitrogens is 2. The number of aromatic amines is 1. The maximum Gasteiger partial charge on any atom is 0.266 e. The molecule has 1 aliphatic rings. The SMILES string of the molecule is Cc1cc(F)ccc1CN1CCN(c2cc(=O)[nH]nc2-c2ccccc2)CC1. The van der Waals surface area contributed by atoms with Gasteiger partial charge in [0, 0.05) is 44.4 Å². The summed E-state index contributed by atoms with van der Waals surface area (Å²) < 4.78 is 13.3. The van der Waals surface area contributed by atoms with Crippen molar-refractivity contribution in [3.05, 3.63) is 81.9 Å². The molecule has 0 radical (unpaired) electrons. The maximum absolute atomic E-state index is 13.3. The minimum Gasteiger partial charge on any atom is -0.367 e. The largest absolute Gasteiger partial charge is 0.367 e. The highest BCUT2D eigenvalue weighted by atomic mass is 19.1. The first-order valence-corrected chi connectivity index (χ1v) is 9.47. The summed E-state index contributed by atoms with van der Waals surface area (Å²) >= 11 is 0. The Morgan fingerprint density at radius 2 is 1.79 bits per heavy atom. The van der Waals surface area contributed by atoms with Crippen LogP contribution in [0.1, 0.15) is 11.1 Å². The molecule has 0 bridgehead atoms. The molecule has 0 spiro atoms. The number of benzene rings is 2. The zero-order valence-electron chi connectivity index (χ0n) is 15.9. The van der Waals surface area contributed by atoms with Gasteiger partial charge in [-0.3, -0.25) is 9.69 Å². The lowest BCUT2D eigenvalue weighted by Gasteiger charge is -2.36. The summed E-state index contributed by atoms with van der Waals surface area (Å²) in [5.41, 5.74) is 4.58. The van der Waals surface area contributed by atoms with Crippen molar-refractivity contribution in [2.75, 3.05) is 31.1 Å². The van der Waals surface area contributed by atoms with Crippen LogP contribution in [0.2, 0.25) is 0 Å². The molecule has 0 amide bonds. The Morgan fingerprint density at radius 3 is 2.50 bits per heavy atom. The van der Waals surface area contributed by atoms with E-state index in [0.29, 0.717) is 0 Å². The number of H-pyrrole nitrogens is 1. The van der Waals surface area contributed by atoms with Gasteiger partial charge in [0.25, 0.3) is 5.56 Å². The third-order valence-corrected chi connectivity index (χ3v) is 5.25. The molecule has 28 heavy (non-hydrogen) atoms. The first kappa shape index (κ1) is 18.4. The lowest BCUT2D eigenvalue weighted by Crippen LogP contribution is -2.46. The smallest absolute Gasteiger partial charge is 0.266 e. The highest BCUT2D eigenvalue weighted by Gasteiger charge is 2.21. The van der Waals surface area contributed by atoms with Crippen molar-refractivity contribution >= 4 is 5.69 Å². The number of anilines is 1. The van der Waals surface area contributed by atoms with Crippen LogP contribution in [0.15, 0.2) is 59.4 Å². The standard InChI is InChI=1S/C22H23FN4O/c1-16-13-19(23)8-7-18(16)15-26-9-11-27(12-10-26)20-14-21(28)24-25-22(20)17-5-3-2-4-6-17/h2-8,13-14H,9-12,15H2,1H3,(H,24,28). The fourth-order valence-electron chi connectivity index (χ4n) is 3.67. The Balaban J connectivity index is 1.50. The predicted molar refractivity (Wildman–Crippen MR) is 109 cm³/mol. The van der Waals surface area contributed by atoms with Crippen LogP contribution in [0.25, 0.3) is 11.3 Å². The number of rotatable bonds is 4. The number of aryl methyl sites for hydroxylation is 1. The summed E-state index contributed by atoms with van der Waals surface area (Å²) in [6.07, 6.45) is 0. The molecule has 1 fully saturated rings. The minimum absolute atomic E-state index is 0.193. The van der Waals surface area contributed by atoms with Crippen LogP contribution in [-0.2, 0) is 6.54 Å². The molecule has 4 rings (SSSR count). The van der Waals surface area contributed by atoms with Gasteiger partial charge in [-0.15, -0.1) is 0 Å². The molecule has 144 valence electrons. The zero-order chi connectivity index (χ0) is 19.5. The van der Waals surface area contributed by atoms with Crippen molar-refractivity contribution in [2.45, 2.75) is 13.5 Å². The van der Waals surface area contributed by atoms with Crippen molar-refractivity contribution in [3.63, 3.8) is 0 Å². The van der Waals surface area contributed by atoms with Crippen molar-refractivity contribution in [1.29, 1.82) is 0 Å². The van der Waals surface area contributed by atoms with E-state index in [9.17, 15) is 9.18 Å². The molecule has 1 aliphatic heterocycles. The van der Waals surface area contributed by atoms with Gasteiger partial charge in [0.2, 0.25) is 0 Å². The van der Waals surface area contributed by atoms with Crippen LogP contribution in [0, 0.1) is 12.7 Å². The van der Waals surface area contributed by atoms with Crippen molar-refractivity contribution in [2.24, 2.45) is 0 Å². The summed E-state index contributed by atoms with van der Waals surface area (Å²) in [7, 11) is 0. The van der Waals surface area contributed by atoms with E-state index in [1.165, 1.54) is 6.07 Å². The zero-order valence-corrected chi connectivity index (χ0v) is 15.9. The van der Waals surface area contributed by atoms with Gasteiger partial charge < -0.3 is 4.90 Å². The predicted octanol–water partition coefficient (Wildman–Crippen LogP) is 3.21. The molecule has 2 aromatic carbocycles. The second-order valence-corrected chi connectivity index (χ2v) is 7.17. The summed E-state index contributed by atoms with van der Waals surface area (Å²) in [6.45, 7) is 6.12. The van der Waals surface area contributed by atoms with Crippen LogP contribution < -0.4 is 10.5 Å². The fraction of sp³-hybridized carbons (Fsp3) is 0.273.